The highest BCUT2D eigenvalue weighted by Gasteiger charge is 2.35. The van der Waals surface area contributed by atoms with E-state index in [1.54, 1.807) is 0 Å². The van der Waals surface area contributed by atoms with E-state index in [9.17, 15) is 0 Å². The van der Waals surface area contributed by atoms with E-state index in [4.69, 9.17) is 0 Å². The van der Waals surface area contributed by atoms with Crippen LogP contribution in [0.1, 0.15) is 26.7 Å². The molecule has 0 spiro atoms. The highest BCUT2D eigenvalue weighted by atomic mass is 15.1. The van der Waals surface area contributed by atoms with E-state index in [1.165, 1.54) is 32.5 Å². The zero-order valence-electron chi connectivity index (χ0n) is 9.56. The third kappa shape index (κ3) is 2.68. The van der Waals surface area contributed by atoms with Gasteiger partial charge in [0.2, 0.25) is 0 Å². The lowest BCUT2D eigenvalue weighted by molar-refractivity contribution is 0.0932. The van der Waals surface area contributed by atoms with E-state index >= 15 is 0 Å². The second kappa shape index (κ2) is 4.43. The third-order valence-electron chi connectivity index (χ3n) is 3.36. The summed E-state index contributed by atoms with van der Waals surface area (Å²) in [6.45, 7) is 8.34. The van der Waals surface area contributed by atoms with Gasteiger partial charge in [-0.1, -0.05) is 13.8 Å². The maximum Gasteiger partial charge on any atom is 0.00465 e. The summed E-state index contributed by atoms with van der Waals surface area (Å²) in [6, 6.07) is 0. The summed E-state index contributed by atoms with van der Waals surface area (Å²) in [5.41, 5.74) is 0.516. The van der Waals surface area contributed by atoms with Crippen molar-refractivity contribution in [2.45, 2.75) is 26.7 Å². The summed E-state index contributed by atoms with van der Waals surface area (Å²) < 4.78 is 0. The van der Waals surface area contributed by atoms with Gasteiger partial charge >= 0.3 is 0 Å². The molecule has 0 radical (unpaired) electrons. The molecule has 2 nitrogen and oxygen atoms in total. The lowest BCUT2D eigenvalue weighted by Gasteiger charge is -2.43. The molecule has 0 saturated carbocycles. The molecular weight excluding hydrogens is 160 g/mol. The van der Waals surface area contributed by atoms with Crippen molar-refractivity contribution in [3.8, 4) is 0 Å². The summed E-state index contributed by atoms with van der Waals surface area (Å²) >= 11 is 0. The summed E-state index contributed by atoms with van der Waals surface area (Å²) in [6.07, 6.45) is 2.72. The van der Waals surface area contributed by atoms with Gasteiger partial charge in [-0.25, -0.2) is 0 Å². The second-order valence-electron chi connectivity index (χ2n) is 5.04. The molecule has 0 aromatic heterocycles. The summed E-state index contributed by atoms with van der Waals surface area (Å²) in [7, 11) is 4.36. The van der Waals surface area contributed by atoms with E-state index in [0.717, 1.165) is 5.92 Å². The summed E-state index contributed by atoms with van der Waals surface area (Å²) in [5, 5.41) is 3.54. The number of hydrogen-bond acceptors (Lipinski definition) is 2. The first-order valence-corrected chi connectivity index (χ1v) is 5.42. The molecule has 1 heterocycles. The summed E-state index contributed by atoms with van der Waals surface area (Å²) in [5.74, 6) is 0.780. The fraction of sp³-hybridized carbons (Fsp3) is 1.00. The lowest BCUT2D eigenvalue weighted by atomic mass is 9.71. The Hall–Kier alpha value is -0.0800. The monoisotopic (exact) mass is 184 g/mol. The zero-order chi connectivity index (χ0) is 9.90. The van der Waals surface area contributed by atoms with Gasteiger partial charge in [0.15, 0.2) is 0 Å². The first-order chi connectivity index (χ1) is 6.07. The molecule has 0 aromatic rings. The van der Waals surface area contributed by atoms with Crippen molar-refractivity contribution in [3.63, 3.8) is 0 Å². The van der Waals surface area contributed by atoms with Crippen LogP contribution in [0.4, 0.5) is 0 Å². The van der Waals surface area contributed by atoms with E-state index in [0.29, 0.717) is 5.41 Å². The van der Waals surface area contributed by atoms with Gasteiger partial charge in [0, 0.05) is 13.1 Å². The molecule has 0 aromatic carbocycles. The molecule has 1 unspecified atom stereocenters. The number of nitrogens with zero attached hydrogens (tertiary/aromatic N) is 1. The standard InChI is InChI=1S/C11H24N2/c1-10(2)11(9-13(3)4)6-5-7-12-8-11/h10,12H,5-9H2,1-4H3. The molecule has 78 valence electrons. The fourth-order valence-corrected chi connectivity index (χ4v) is 2.43. The van der Waals surface area contributed by atoms with Crippen LogP contribution in [0.2, 0.25) is 0 Å². The first-order valence-electron chi connectivity index (χ1n) is 5.42. The van der Waals surface area contributed by atoms with E-state index in [2.05, 4.69) is 38.2 Å². The van der Waals surface area contributed by atoms with Gasteiger partial charge in [-0.15, -0.1) is 0 Å². The number of rotatable bonds is 3. The molecule has 1 atom stereocenters. The molecular formula is C11H24N2. The molecule has 0 bridgehead atoms. The molecule has 1 aliphatic heterocycles. The molecule has 1 fully saturated rings. The Labute approximate surface area is 82.7 Å². The molecule has 1 saturated heterocycles. The van der Waals surface area contributed by atoms with Crippen LogP contribution >= 0.6 is 0 Å². The van der Waals surface area contributed by atoms with E-state index < -0.39 is 0 Å². The van der Waals surface area contributed by atoms with Crippen LogP contribution in [0, 0.1) is 11.3 Å². The number of hydrogen-bond donors (Lipinski definition) is 1. The van der Waals surface area contributed by atoms with Crippen molar-refractivity contribution in [1.82, 2.24) is 10.2 Å². The molecule has 2 heteroatoms. The van der Waals surface area contributed by atoms with Crippen LogP contribution < -0.4 is 5.32 Å². The summed E-state index contributed by atoms with van der Waals surface area (Å²) in [4.78, 5) is 2.33. The van der Waals surface area contributed by atoms with Crippen molar-refractivity contribution in [3.05, 3.63) is 0 Å². The quantitative estimate of drug-likeness (QED) is 0.716. The zero-order valence-corrected chi connectivity index (χ0v) is 9.56. The SMILES string of the molecule is CC(C)C1(CN(C)C)CCCNC1. The Bertz CT molecular complexity index is 146. The van der Waals surface area contributed by atoms with Gasteiger partial charge in [0.1, 0.15) is 0 Å². The third-order valence-corrected chi connectivity index (χ3v) is 3.36. The van der Waals surface area contributed by atoms with Crippen molar-refractivity contribution in [2.24, 2.45) is 11.3 Å². The Morgan fingerprint density at radius 3 is 2.46 bits per heavy atom. The topological polar surface area (TPSA) is 15.3 Å². The van der Waals surface area contributed by atoms with Gasteiger partial charge in [-0.2, -0.15) is 0 Å². The van der Waals surface area contributed by atoms with Crippen LogP contribution in [0.15, 0.2) is 0 Å². The fourth-order valence-electron chi connectivity index (χ4n) is 2.43. The lowest BCUT2D eigenvalue weighted by Crippen LogP contribution is -2.49. The molecule has 0 amide bonds. The Balaban J connectivity index is 2.61. The van der Waals surface area contributed by atoms with Crippen LogP contribution in [0.25, 0.3) is 0 Å². The van der Waals surface area contributed by atoms with E-state index in [-0.39, 0.29) is 0 Å². The van der Waals surface area contributed by atoms with E-state index in [1.807, 2.05) is 0 Å². The Morgan fingerprint density at radius 2 is 2.08 bits per heavy atom. The van der Waals surface area contributed by atoms with Crippen LogP contribution in [-0.2, 0) is 0 Å². The molecule has 0 aliphatic carbocycles. The smallest absolute Gasteiger partial charge is 0.00465 e. The Kier molecular flexibility index (Phi) is 3.74. The highest BCUT2D eigenvalue weighted by molar-refractivity contribution is 4.89. The van der Waals surface area contributed by atoms with Crippen LogP contribution in [0.5, 0.6) is 0 Å². The normalized spacial score (nSPS) is 30.0. The van der Waals surface area contributed by atoms with Gasteiger partial charge in [-0.05, 0) is 44.8 Å². The minimum Gasteiger partial charge on any atom is -0.316 e. The van der Waals surface area contributed by atoms with Crippen molar-refractivity contribution in [2.75, 3.05) is 33.7 Å². The molecule has 1 aliphatic rings. The van der Waals surface area contributed by atoms with Crippen LogP contribution in [-0.4, -0.2) is 38.6 Å². The highest BCUT2D eigenvalue weighted by Crippen LogP contribution is 2.34. The van der Waals surface area contributed by atoms with Gasteiger partial charge in [0.25, 0.3) is 0 Å². The van der Waals surface area contributed by atoms with Crippen molar-refractivity contribution in [1.29, 1.82) is 0 Å². The van der Waals surface area contributed by atoms with Gasteiger partial charge in [0.05, 0.1) is 0 Å². The van der Waals surface area contributed by atoms with Crippen LogP contribution in [0.3, 0.4) is 0 Å². The first kappa shape index (κ1) is 11.0. The maximum atomic E-state index is 3.54. The number of nitrogens with one attached hydrogen (secondary N) is 1. The predicted molar refractivity (Wildman–Crippen MR) is 57.9 cm³/mol. The van der Waals surface area contributed by atoms with Gasteiger partial charge in [-0.3, -0.25) is 0 Å². The minimum atomic E-state index is 0.516. The predicted octanol–water partition coefficient (Wildman–Crippen LogP) is 1.57. The number of piperidine rings is 1. The minimum absolute atomic E-state index is 0.516. The average Bonchev–Trinajstić information content (AvgIpc) is 2.04. The maximum absolute atomic E-state index is 3.54. The molecule has 1 N–H and O–H groups in total. The molecule has 1 rings (SSSR count). The van der Waals surface area contributed by atoms with Crippen molar-refractivity contribution < 1.29 is 0 Å². The average molecular weight is 184 g/mol. The second-order valence-corrected chi connectivity index (χ2v) is 5.04. The van der Waals surface area contributed by atoms with Gasteiger partial charge < -0.3 is 10.2 Å². The Morgan fingerprint density at radius 1 is 1.38 bits per heavy atom. The molecule has 13 heavy (non-hydrogen) atoms. The van der Waals surface area contributed by atoms with Crippen molar-refractivity contribution >= 4 is 0 Å². The largest absolute Gasteiger partial charge is 0.316 e.